The lowest BCUT2D eigenvalue weighted by atomic mass is 10.2. The van der Waals surface area contributed by atoms with Gasteiger partial charge in [0.1, 0.15) is 0 Å². The first-order chi connectivity index (χ1) is 7.72. The molecule has 1 amide bonds. The molecule has 0 fully saturated rings. The van der Waals surface area contributed by atoms with E-state index in [4.69, 9.17) is 17.4 Å². The summed E-state index contributed by atoms with van der Waals surface area (Å²) in [4.78, 5) is 11.0. The van der Waals surface area contributed by atoms with Crippen molar-refractivity contribution >= 4 is 28.4 Å². The number of benzene rings is 1. The predicted octanol–water partition coefficient (Wildman–Crippen LogP) is 1.67. The van der Waals surface area contributed by atoms with Crippen LogP contribution in [0.5, 0.6) is 0 Å². The number of aromatic nitrogens is 1. The van der Waals surface area contributed by atoms with Crippen molar-refractivity contribution in [2.24, 2.45) is 5.84 Å². The van der Waals surface area contributed by atoms with E-state index in [0.29, 0.717) is 18.0 Å². The lowest BCUT2D eigenvalue weighted by Crippen LogP contribution is -2.30. The molecule has 4 nitrogen and oxygen atoms in total. The molecule has 0 bridgehead atoms. The number of aryl methyl sites for hydroxylation is 1. The van der Waals surface area contributed by atoms with Gasteiger partial charge in [-0.3, -0.25) is 10.2 Å². The Balaban J connectivity index is 2.28. The van der Waals surface area contributed by atoms with E-state index in [-0.39, 0.29) is 5.91 Å². The van der Waals surface area contributed by atoms with E-state index in [2.05, 4.69) is 5.43 Å². The van der Waals surface area contributed by atoms with Crippen molar-refractivity contribution < 1.29 is 4.79 Å². The number of rotatable bonds is 3. The number of halogens is 1. The molecule has 5 heteroatoms. The fourth-order valence-corrected chi connectivity index (χ4v) is 1.99. The lowest BCUT2D eigenvalue weighted by Gasteiger charge is -2.05. The maximum Gasteiger partial charge on any atom is 0.235 e. The molecule has 0 atom stereocenters. The van der Waals surface area contributed by atoms with Crippen LogP contribution in [0.1, 0.15) is 6.42 Å². The van der Waals surface area contributed by atoms with E-state index in [1.807, 2.05) is 35.0 Å². The van der Waals surface area contributed by atoms with Crippen LogP contribution < -0.4 is 11.3 Å². The number of nitrogens with one attached hydrogen (secondary N) is 1. The Labute approximate surface area is 98.0 Å². The van der Waals surface area contributed by atoms with Gasteiger partial charge in [-0.1, -0.05) is 23.7 Å². The van der Waals surface area contributed by atoms with Crippen LogP contribution in [-0.4, -0.2) is 10.5 Å². The summed E-state index contributed by atoms with van der Waals surface area (Å²) < 4.78 is 1.95. The van der Waals surface area contributed by atoms with Crippen molar-refractivity contribution in [2.75, 3.05) is 0 Å². The number of hydrogen-bond acceptors (Lipinski definition) is 2. The van der Waals surface area contributed by atoms with Crippen molar-refractivity contribution in [1.82, 2.24) is 9.99 Å². The second-order valence-corrected chi connectivity index (χ2v) is 3.91. The zero-order chi connectivity index (χ0) is 11.5. The van der Waals surface area contributed by atoms with Gasteiger partial charge in [0.2, 0.25) is 5.91 Å². The number of para-hydroxylation sites is 1. The predicted molar refractivity (Wildman–Crippen MR) is 63.9 cm³/mol. The Morgan fingerprint density at radius 2 is 2.25 bits per heavy atom. The van der Waals surface area contributed by atoms with Gasteiger partial charge in [0, 0.05) is 24.5 Å². The van der Waals surface area contributed by atoms with Crippen LogP contribution >= 0.6 is 11.6 Å². The summed E-state index contributed by atoms with van der Waals surface area (Å²) in [5, 5.41) is 1.76. The molecule has 1 aromatic heterocycles. The standard InChI is InChI=1S/C11H12ClN3O/c12-9-3-1-2-8-4-6-15(11(8)9)7-5-10(16)14-13/h1-4,6H,5,7,13H2,(H,14,16). The average Bonchev–Trinajstić information content (AvgIpc) is 2.70. The van der Waals surface area contributed by atoms with Crippen molar-refractivity contribution in [1.29, 1.82) is 0 Å². The zero-order valence-corrected chi connectivity index (χ0v) is 9.37. The number of nitrogens with zero attached hydrogens (tertiary/aromatic N) is 1. The number of carbonyl (C=O) groups is 1. The van der Waals surface area contributed by atoms with Crippen molar-refractivity contribution in [2.45, 2.75) is 13.0 Å². The molecule has 0 spiro atoms. The molecule has 0 aliphatic carbocycles. The topological polar surface area (TPSA) is 60.0 Å². The van der Waals surface area contributed by atoms with Crippen molar-refractivity contribution in [3.8, 4) is 0 Å². The van der Waals surface area contributed by atoms with E-state index in [0.717, 1.165) is 10.9 Å². The first-order valence-corrected chi connectivity index (χ1v) is 5.33. The minimum absolute atomic E-state index is 0.186. The molecule has 0 saturated heterocycles. The maximum absolute atomic E-state index is 11.0. The van der Waals surface area contributed by atoms with Gasteiger partial charge in [-0.25, -0.2) is 5.84 Å². The second kappa shape index (κ2) is 4.55. The normalized spacial score (nSPS) is 10.6. The zero-order valence-electron chi connectivity index (χ0n) is 8.61. The molecule has 16 heavy (non-hydrogen) atoms. The Kier molecular flexibility index (Phi) is 3.12. The molecule has 1 aromatic carbocycles. The molecule has 0 aliphatic heterocycles. The Morgan fingerprint density at radius 3 is 3.00 bits per heavy atom. The summed E-state index contributed by atoms with van der Waals surface area (Å²) in [5.41, 5.74) is 3.06. The number of hydrogen-bond donors (Lipinski definition) is 2. The van der Waals surface area contributed by atoms with E-state index in [1.54, 1.807) is 0 Å². The monoisotopic (exact) mass is 237 g/mol. The molecular formula is C11H12ClN3O. The first kappa shape index (κ1) is 11.0. The summed E-state index contributed by atoms with van der Waals surface area (Å²) in [5.74, 6) is 4.83. The first-order valence-electron chi connectivity index (χ1n) is 4.95. The van der Waals surface area contributed by atoms with E-state index >= 15 is 0 Å². The van der Waals surface area contributed by atoms with Gasteiger partial charge in [0.05, 0.1) is 10.5 Å². The van der Waals surface area contributed by atoms with Gasteiger partial charge in [0.25, 0.3) is 0 Å². The van der Waals surface area contributed by atoms with Crippen LogP contribution in [0.15, 0.2) is 30.5 Å². The lowest BCUT2D eigenvalue weighted by molar-refractivity contribution is -0.121. The Bertz CT molecular complexity index is 521. The fraction of sp³-hybridized carbons (Fsp3) is 0.182. The minimum atomic E-state index is -0.186. The number of carbonyl (C=O) groups excluding carboxylic acids is 1. The third-order valence-electron chi connectivity index (χ3n) is 2.48. The van der Waals surface area contributed by atoms with Gasteiger partial charge in [-0.15, -0.1) is 0 Å². The van der Waals surface area contributed by atoms with Gasteiger partial charge >= 0.3 is 0 Å². The van der Waals surface area contributed by atoms with E-state index in [9.17, 15) is 4.79 Å². The van der Waals surface area contributed by atoms with Crippen LogP contribution in [0.25, 0.3) is 10.9 Å². The largest absolute Gasteiger partial charge is 0.346 e. The minimum Gasteiger partial charge on any atom is -0.346 e. The van der Waals surface area contributed by atoms with Crippen LogP contribution in [0.4, 0.5) is 0 Å². The number of amides is 1. The van der Waals surface area contributed by atoms with Crippen molar-refractivity contribution in [3.05, 3.63) is 35.5 Å². The fourth-order valence-electron chi connectivity index (χ4n) is 1.69. The highest BCUT2D eigenvalue weighted by Gasteiger charge is 2.06. The van der Waals surface area contributed by atoms with E-state index < -0.39 is 0 Å². The molecule has 3 N–H and O–H groups in total. The van der Waals surface area contributed by atoms with Gasteiger partial charge in [0.15, 0.2) is 0 Å². The second-order valence-electron chi connectivity index (χ2n) is 3.50. The molecule has 84 valence electrons. The summed E-state index contributed by atoms with van der Waals surface area (Å²) >= 11 is 6.11. The van der Waals surface area contributed by atoms with Crippen molar-refractivity contribution in [3.63, 3.8) is 0 Å². The van der Waals surface area contributed by atoms with Gasteiger partial charge in [-0.05, 0) is 12.1 Å². The molecule has 0 unspecified atom stereocenters. The Hall–Kier alpha value is -1.52. The summed E-state index contributed by atoms with van der Waals surface area (Å²) in [7, 11) is 0. The highest BCUT2D eigenvalue weighted by Crippen LogP contribution is 2.24. The third kappa shape index (κ3) is 2.03. The van der Waals surface area contributed by atoms with Crippen LogP contribution in [0.3, 0.4) is 0 Å². The van der Waals surface area contributed by atoms with Crippen LogP contribution in [-0.2, 0) is 11.3 Å². The molecule has 1 heterocycles. The maximum atomic E-state index is 11.0. The van der Waals surface area contributed by atoms with Crippen LogP contribution in [0.2, 0.25) is 5.02 Å². The van der Waals surface area contributed by atoms with E-state index in [1.165, 1.54) is 0 Å². The Morgan fingerprint density at radius 1 is 1.44 bits per heavy atom. The molecule has 2 aromatic rings. The smallest absolute Gasteiger partial charge is 0.235 e. The summed E-state index contributed by atoms with van der Waals surface area (Å²) in [6.45, 7) is 0.566. The molecule has 0 aliphatic rings. The quantitative estimate of drug-likeness (QED) is 0.485. The SMILES string of the molecule is NNC(=O)CCn1ccc2cccc(Cl)c21. The number of hydrazine groups is 1. The molecule has 0 radical (unpaired) electrons. The summed E-state index contributed by atoms with van der Waals surface area (Å²) in [6.07, 6.45) is 2.26. The molecule has 2 rings (SSSR count). The third-order valence-corrected chi connectivity index (χ3v) is 2.78. The molecular weight excluding hydrogens is 226 g/mol. The van der Waals surface area contributed by atoms with Crippen LogP contribution in [0, 0.1) is 0 Å². The molecule has 0 saturated carbocycles. The summed E-state index contributed by atoms with van der Waals surface area (Å²) in [6, 6.07) is 7.70. The average molecular weight is 238 g/mol. The number of fused-ring (bicyclic) bond motifs is 1. The highest BCUT2D eigenvalue weighted by atomic mass is 35.5. The number of nitrogens with two attached hydrogens (primary N) is 1. The van der Waals surface area contributed by atoms with Gasteiger partial charge < -0.3 is 4.57 Å². The highest BCUT2D eigenvalue weighted by molar-refractivity contribution is 6.35. The van der Waals surface area contributed by atoms with Gasteiger partial charge in [-0.2, -0.15) is 0 Å².